The Kier molecular flexibility index (Phi) is 3.95. The zero-order valence-corrected chi connectivity index (χ0v) is 15.4. The Morgan fingerprint density at radius 1 is 0.889 bits per heavy atom. The molecule has 1 saturated carbocycles. The van der Waals surface area contributed by atoms with Crippen molar-refractivity contribution in [1.29, 1.82) is 0 Å². The third-order valence-corrected chi connectivity index (χ3v) is 5.13. The van der Waals surface area contributed by atoms with Gasteiger partial charge in [-0.05, 0) is 31.9 Å². The predicted molar refractivity (Wildman–Crippen MR) is 102 cm³/mol. The van der Waals surface area contributed by atoms with Crippen molar-refractivity contribution in [3.05, 3.63) is 48.4 Å². The second kappa shape index (κ2) is 6.61. The first-order valence-electron chi connectivity index (χ1n) is 9.44. The van der Waals surface area contributed by atoms with E-state index in [0.29, 0.717) is 5.92 Å². The average molecular weight is 362 g/mol. The van der Waals surface area contributed by atoms with E-state index in [1.807, 2.05) is 37.5 Å². The molecule has 0 unspecified atom stereocenters. The molecule has 1 aliphatic carbocycles. The normalized spacial score (nSPS) is 17.4. The largest absolute Gasteiger partial charge is 0.353 e. The number of aryl methyl sites for hydroxylation is 1. The molecule has 0 aromatic carbocycles. The summed E-state index contributed by atoms with van der Waals surface area (Å²) in [6.07, 6.45) is 7.88. The quantitative estimate of drug-likeness (QED) is 0.702. The van der Waals surface area contributed by atoms with Crippen molar-refractivity contribution in [2.75, 3.05) is 36.0 Å². The predicted octanol–water partition coefficient (Wildman–Crippen LogP) is 1.96. The second-order valence-corrected chi connectivity index (χ2v) is 7.16. The van der Waals surface area contributed by atoms with Crippen molar-refractivity contribution >= 4 is 11.6 Å². The highest BCUT2D eigenvalue weighted by molar-refractivity contribution is 5.47. The number of rotatable bonds is 4. The van der Waals surface area contributed by atoms with Gasteiger partial charge in [0.05, 0.1) is 5.69 Å². The maximum absolute atomic E-state index is 4.77. The van der Waals surface area contributed by atoms with Crippen molar-refractivity contribution in [2.45, 2.75) is 25.7 Å². The molecule has 0 atom stereocenters. The van der Waals surface area contributed by atoms with Crippen LogP contribution in [0.5, 0.6) is 0 Å². The third kappa shape index (κ3) is 3.34. The fourth-order valence-corrected chi connectivity index (χ4v) is 3.42. The molecule has 0 radical (unpaired) electrons. The van der Waals surface area contributed by atoms with Gasteiger partial charge in [0, 0.05) is 50.6 Å². The SMILES string of the molecule is Cc1ccn(-c2cc(N3CCN(c4ccnc(C5CC5)n4)CC3)ncn2)n1. The minimum atomic E-state index is 0.580. The summed E-state index contributed by atoms with van der Waals surface area (Å²) in [6.45, 7) is 5.61. The molecule has 4 heterocycles. The van der Waals surface area contributed by atoms with Crippen LogP contribution < -0.4 is 9.80 Å². The lowest BCUT2D eigenvalue weighted by Gasteiger charge is -2.36. The van der Waals surface area contributed by atoms with Crippen LogP contribution >= 0.6 is 0 Å². The van der Waals surface area contributed by atoms with Gasteiger partial charge in [-0.3, -0.25) is 0 Å². The molecule has 8 nitrogen and oxygen atoms in total. The number of anilines is 2. The molecular formula is C19H22N8. The molecule has 0 amide bonds. The standard InChI is InChI=1S/C19H22N8/c1-14-5-7-27(24-14)18-12-17(21-13-22-18)26-10-8-25(9-11-26)16-4-6-20-19(23-16)15-2-3-15/h4-7,12-13,15H,2-3,8-11H2,1H3. The fraction of sp³-hybridized carbons (Fsp3) is 0.421. The first-order chi connectivity index (χ1) is 13.3. The lowest BCUT2D eigenvalue weighted by molar-refractivity contribution is 0.637. The zero-order valence-electron chi connectivity index (χ0n) is 15.4. The van der Waals surface area contributed by atoms with E-state index in [2.05, 4.69) is 29.9 Å². The van der Waals surface area contributed by atoms with Gasteiger partial charge in [-0.25, -0.2) is 24.6 Å². The first kappa shape index (κ1) is 16.2. The molecule has 2 aliphatic rings. The molecule has 138 valence electrons. The number of hydrogen-bond donors (Lipinski definition) is 0. The number of nitrogens with zero attached hydrogens (tertiary/aromatic N) is 8. The molecule has 5 rings (SSSR count). The van der Waals surface area contributed by atoms with Gasteiger partial charge in [0.15, 0.2) is 5.82 Å². The van der Waals surface area contributed by atoms with E-state index in [1.54, 1.807) is 11.0 Å². The molecule has 1 aliphatic heterocycles. The fourth-order valence-electron chi connectivity index (χ4n) is 3.42. The van der Waals surface area contributed by atoms with Crippen LogP contribution in [-0.4, -0.2) is 55.9 Å². The third-order valence-electron chi connectivity index (χ3n) is 5.13. The van der Waals surface area contributed by atoms with Crippen molar-refractivity contribution in [2.24, 2.45) is 0 Å². The first-order valence-corrected chi connectivity index (χ1v) is 9.44. The minimum absolute atomic E-state index is 0.580. The van der Waals surface area contributed by atoms with Crippen molar-refractivity contribution < 1.29 is 0 Å². The number of piperazine rings is 1. The smallest absolute Gasteiger partial charge is 0.158 e. The lowest BCUT2D eigenvalue weighted by atomic mass is 10.3. The van der Waals surface area contributed by atoms with Crippen molar-refractivity contribution in [1.82, 2.24) is 29.7 Å². The van der Waals surface area contributed by atoms with E-state index >= 15 is 0 Å². The van der Waals surface area contributed by atoms with Crippen LogP contribution in [0.2, 0.25) is 0 Å². The highest BCUT2D eigenvalue weighted by Crippen LogP contribution is 2.38. The Labute approximate surface area is 157 Å². The Morgan fingerprint density at radius 3 is 2.33 bits per heavy atom. The highest BCUT2D eigenvalue weighted by atomic mass is 15.3. The number of hydrogen-bond acceptors (Lipinski definition) is 7. The monoisotopic (exact) mass is 362 g/mol. The molecule has 3 aromatic heterocycles. The van der Waals surface area contributed by atoms with E-state index in [1.165, 1.54) is 12.8 Å². The Balaban J connectivity index is 1.28. The molecule has 8 heteroatoms. The van der Waals surface area contributed by atoms with E-state index in [9.17, 15) is 0 Å². The van der Waals surface area contributed by atoms with Gasteiger partial charge in [-0.15, -0.1) is 0 Å². The Hall–Kier alpha value is -3.03. The summed E-state index contributed by atoms with van der Waals surface area (Å²) in [4.78, 5) is 22.6. The summed E-state index contributed by atoms with van der Waals surface area (Å²) in [5.41, 5.74) is 0.971. The van der Waals surface area contributed by atoms with E-state index in [4.69, 9.17) is 4.98 Å². The number of aromatic nitrogens is 6. The van der Waals surface area contributed by atoms with Crippen molar-refractivity contribution in [3.8, 4) is 5.82 Å². The zero-order chi connectivity index (χ0) is 18.2. The molecule has 0 bridgehead atoms. The second-order valence-electron chi connectivity index (χ2n) is 7.16. The molecular weight excluding hydrogens is 340 g/mol. The van der Waals surface area contributed by atoms with Gasteiger partial charge in [-0.2, -0.15) is 5.10 Å². The highest BCUT2D eigenvalue weighted by Gasteiger charge is 2.27. The summed E-state index contributed by atoms with van der Waals surface area (Å²) in [6, 6.07) is 5.99. The van der Waals surface area contributed by atoms with Gasteiger partial charge < -0.3 is 9.80 Å². The van der Waals surface area contributed by atoms with Gasteiger partial charge >= 0.3 is 0 Å². The molecule has 2 fully saturated rings. The van der Waals surface area contributed by atoms with Crippen LogP contribution in [0.1, 0.15) is 30.3 Å². The maximum Gasteiger partial charge on any atom is 0.158 e. The topological polar surface area (TPSA) is 75.9 Å². The Morgan fingerprint density at radius 2 is 1.63 bits per heavy atom. The lowest BCUT2D eigenvalue weighted by Crippen LogP contribution is -2.47. The Bertz CT molecular complexity index is 940. The van der Waals surface area contributed by atoms with Crippen LogP contribution in [0.3, 0.4) is 0 Å². The summed E-state index contributed by atoms with van der Waals surface area (Å²) in [7, 11) is 0. The van der Waals surface area contributed by atoms with Crippen molar-refractivity contribution in [3.63, 3.8) is 0 Å². The van der Waals surface area contributed by atoms with Gasteiger partial charge in [0.25, 0.3) is 0 Å². The maximum atomic E-state index is 4.77. The minimum Gasteiger partial charge on any atom is -0.353 e. The van der Waals surface area contributed by atoms with E-state index < -0.39 is 0 Å². The summed E-state index contributed by atoms with van der Waals surface area (Å²) in [5.74, 6) is 4.36. The molecule has 27 heavy (non-hydrogen) atoms. The van der Waals surface area contributed by atoms with Crippen LogP contribution in [0, 0.1) is 6.92 Å². The van der Waals surface area contributed by atoms with E-state index in [0.717, 1.165) is 55.2 Å². The van der Waals surface area contributed by atoms with Crippen LogP contribution in [0.4, 0.5) is 11.6 Å². The summed E-state index contributed by atoms with van der Waals surface area (Å²) < 4.78 is 1.79. The molecule has 0 spiro atoms. The summed E-state index contributed by atoms with van der Waals surface area (Å²) in [5, 5.41) is 4.43. The van der Waals surface area contributed by atoms with Crippen LogP contribution in [0.15, 0.2) is 36.9 Å². The molecule has 3 aromatic rings. The summed E-state index contributed by atoms with van der Waals surface area (Å²) >= 11 is 0. The van der Waals surface area contributed by atoms with Crippen LogP contribution in [-0.2, 0) is 0 Å². The van der Waals surface area contributed by atoms with E-state index in [-0.39, 0.29) is 0 Å². The molecule has 0 N–H and O–H groups in total. The van der Waals surface area contributed by atoms with Crippen LogP contribution in [0.25, 0.3) is 5.82 Å². The van der Waals surface area contributed by atoms with Gasteiger partial charge in [0.1, 0.15) is 23.8 Å². The van der Waals surface area contributed by atoms with Gasteiger partial charge in [0.2, 0.25) is 0 Å². The average Bonchev–Trinajstić information content (AvgIpc) is 3.49. The molecule has 1 saturated heterocycles. The van der Waals surface area contributed by atoms with Gasteiger partial charge in [-0.1, -0.05) is 0 Å².